The first-order valence-electron chi connectivity index (χ1n) is 7.40. The summed E-state index contributed by atoms with van der Waals surface area (Å²) in [5, 5.41) is 10.7. The molecule has 7 nitrogen and oxygen atoms in total. The van der Waals surface area contributed by atoms with Crippen LogP contribution in [-0.4, -0.2) is 22.5 Å². The Balaban J connectivity index is 1.85. The van der Waals surface area contributed by atoms with Crippen LogP contribution in [0, 0.1) is 24.0 Å². The van der Waals surface area contributed by atoms with E-state index in [1.165, 1.54) is 35.5 Å². The summed E-state index contributed by atoms with van der Waals surface area (Å²) in [6.45, 7) is 4.01. The van der Waals surface area contributed by atoms with E-state index in [1.807, 2.05) is 32.0 Å². The molecule has 25 heavy (non-hydrogen) atoms. The third-order valence-corrected chi connectivity index (χ3v) is 4.48. The van der Waals surface area contributed by atoms with Gasteiger partial charge in [-0.05, 0) is 43.2 Å². The van der Waals surface area contributed by atoms with Gasteiger partial charge >= 0.3 is 0 Å². The number of nitrogens with zero attached hydrogens (tertiary/aromatic N) is 1. The molecule has 2 amide bonds. The van der Waals surface area contributed by atoms with Gasteiger partial charge in [0.05, 0.1) is 10.7 Å². The minimum atomic E-state index is -0.617. The largest absolute Gasteiger partial charge is 0.272 e. The number of amides is 2. The first-order valence-corrected chi connectivity index (χ1v) is 8.39. The van der Waals surface area contributed by atoms with Gasteiger partial charge < -0.3 is 0 Å². The Hall–Kier alpha value is -2.87. The Bertz CT molecular complexity index is 823. The molecule has 0 saturated heterocycles. The van der Waals surface area contributed by atoms with Crippen LogP contribution in [0.4, 0.5) is 5.69 Å². The maximum atomic E-state index is 11.9. The summed E-state index contributed by atoms with van der Waals surface area (Å²) in [5.41, 5.74) is 6.77. The third-order valence-electron chi connectivity index (χ3n) is 3.48. The number of thioether (sulfide) groups is 1. The lowest BCUT2D eigenvalue weighted by atomic mass is 10.1. The van der Waals surface area contributed by atoms with Crippen LogP contribution >= 0.6 is 11.8 Å². The molecule has 2 aromatic rings. The Labute approximate surface area is 148 Å². The van der Waals surface area contributed by atoms with Crippen molar-refractivity contribution in [3.63, 3.8) is 0 Å². The summed E-state index contributed by atoms with van der Waals surface area (Å²) in [6, 6.07) is 11.2. The van der Waals surface area contributed by atoms with Crippen molar-refractivity contribution >= 4 is 29.3 Å². The van der Waals surface area contributed by atoms with Crippen molar-refractivity contribution in [1.29, 1.82) is 0 Å². The van der Waals surface area contributed by atoms with Crippen LogP contribution in [0.2, 0.25) is 0 Å². The summed E-state index contributed by atoms with van der Waals surface area (Å²) >= 11 is 1.35. The molecule has 2 aromatic carbocycles. The lowest BCUT2D eigenvalue weighted by Gasteiger charge is -2.08. The number of aryl methyl sites for hydroxylation is 2. The van der Waals surface area contributed by atoms with Crippen molar-refractivity contribution in [3.8, 4) is 0 Å². The maximum Gasteiger partial charge on any atom is 0.270 e. The van der Waals surface area contributed by atoms with Crippen LogP contribution in [0.15, 0.2) is 47.4 Å². The Morgan fingerprint density at radius 2 is 1.84 bits per heavy atom. The maximum absolute atomic E-state index is 11.9. The molecule has 2 rings (SSSR count). The number of hydrazine groups is 1. The number of non-ortho nitro benzene ring substituents is 1. The predicted molar refractivity (Wildman–Crippen MR) is 95.3 cm³/mol. The number of benzene rings is 2. The molecule has 0 bridgehead atoms. The summed E-state index contributed by atoms with van der Waals surface area (Å²) in [4.78, 5) is 34.8. The SMILES string of the molecule is Cc1ccc(SCC(=O)NNC(=O)c2cccc([N+](=O)[O-])c2)cc1C. The van der Waals surface area contributed by atoms with Gasteiger partial charge in [-0.15, -0.1) is 11.8 Å². The molecule has 0 radical (unpaired) electrons. The van der Waals surface area contributed by atoms with Gasteiger partial charge in [0.2, 0.25) is 5.91 Å². The van der Waals surface area contributed by atoms with Crippen molar-refractivity contribution in [2.75, 3.05) is 5.75 Å². The highest BCUT2D eigenvalue weighted by Gasteiger charge is 2.12. The van der Waals surface area contributed by atoms with Gasteiger partial charge in [-0.3, -0.25) is 30.6 Å². The van der Waals surface area contributed by atoms with E-state index in [0.29, 0.717) is 0 Å². The normalized spacial score (nSPS) is 10.2. The lowest BCUT2D eigenvalue weighted by Crippen LogP contribution is -2.42. The molecule has 0 aliphatic carbocycles. The third kappa shape index (κ3) is 5.32. The van der Waals surface area contributed by atoms with Crippen LogP contribution in [0.25, 0.3) is 0 Å². The second-order valence-electron chi connectivity index (χ2n) is 5.34. The highest BCUT2D eigenvalue weighted by atomic mass is 32.2. The second-order valence-corrected chi connectivity index (χ2v) is 6.39. The molecule has 0 fully saturated rings. The molecule has 130 valence electrons. The number of carbonyl (C=O) groups is 2. The smallest absolute Gasteiger partial charge is 0.270 e. The Kier molecular flexibility index (Phi) is 6.13. The average molecular weight is 359 g/mol. The Morgan fingerprint density at radius 3 is 2.52 bits per heavy atom. The molecule has 0 aromatic heterocycles. The fraction of sp³-hybridized carbons (Fsp3) is 0.176. The van der Waals surface area contributed by atoms with E-state index in [-0.39, 0.29) is 22.9 Å². The first kappa shape index (κ1) is 18.5. The highest BCUT2D eigenvalue weighted by Crippen LogP contribution is 2.20. The van der Waals surface area contributed by atoms with Gasteiger partial charge in [0.15, 0.2) is 0 Å². The number of carbonyl (C=O) groups excluding carboxylic acids is 2. The predicted octanol–water partition coefficient (Wildman–Crippen LogP) is 2.76. The van der Waals surface area contributed by atoms with Gasteiger partial charge in [-0.2, -0.15) is 0 Å². The number of nitro benzene ring substituents is 1. The number of nitro groups is 1. The molecule has 0 atom stereocenters. The van der Waals surface area contributed by atoms with Crippen LogP contribution in [-0.2, 0) is 4.79 Å². The van der Waals surface area contributed by atoms with E-state index in [2.05, 4.69) is 10.9 Å². The number of rotatable bonds is 5. The Morgan fingerprint density at radius 1 is 1.08 bits per heavy atom. The van der Waals surface area contributed by atoms with Gasteiger partial charge in [0.1, 0.15) is 0 Å². The lowest BCUT2D eigenvalue weighted by molar-refractivity contribution is -0.384. The van der Waals surface area contributed by atoms with E-state index in [1.54, 1.807) is 0 Å². The summed E-state index contributed by atoms with van der Waals surface area (Å²) in [6.07, 6.45) is 0. The zero-order chi connectivity index (χ0) is 18.4. The second kappa shape index (κ2) is 8.29. The van der Waals surface area contributed by atoms with Crippen LogP contribution in [0.3, 0.4) is 0 Å². The molecule has 0 unspecified atom stereocenters. The molecule has 0 aliphatic rings. The van der Waals surface area contributed by atoms with E-state index in [9.17, 15) is 19.7 Å². The fourth-order valence-electron chi connectivity index (χ4n) is 1.95. The monoisotopic (exact) mass is 359 g/mol. The summed E-state index contributed by atoms with van der Waals surface area (Å²) in [7, 11) is 0. The molecule has 8 heteroatoms. The summed E-state index contributed by atoms with van der Waals surface area (Å²) < 4.78 is 0. The van der Waals surface area contributed by atoms with Crippen molar-refractivity contribution < 1.29 is 14.5 Å². The van der Waals surface area contributed by atoms with Crippen LogP contribution in [0.5, 0.6) is 0 Å². The van der Waals surface area contributed by atoms with Crippen LogP contribution in [0.1, 0.15) is 21.5 Å². The number of nitrogens with one attached hydrogen (secondary N) is 2. The zero-order valence-corrected chi connectivity index (χ0v) is 14.6. The van der Waals surface area contributed by atoms with Gasteiger partial charge in [0, 0.05) is 22.6 Å². The van der Waals surface area contributed by atoms with Crippen molar-refractivity contribution in [2.45, 2.75) is 18.7 Å². The zero-order valence-electron chi connectivity index (χ0n) is 13.7. The molecular formula is C17H17N3O4S. The van der Waals surface area contributed by atoms with Crippen LogP contribution < -0.4 is 10.9 Å². The molecule has 2 N–H and O–H groups in total. The minimum Gasteiger partial charge on any atom is -0.272 e. The average Bonchev–Trinajstić information content (AvgIpc) is 2.60. The molecule has 0 heterocycles. The van der Waals surface area contributed by atoms with E-state index < -0.39 is 10.8 Å². The molecule has 0 saturated carbocycles. The first-order chi connectivity index (χ1) is 11.9. The molecule has 0 spiro atoms. The van der Waals surface area contributed by atoms with Crippen molar-refractivity contribution in [2.24, 2.45) is 0 Å². The molecule has 0 aliphatic heterocycles. The van der Waals surface area contributed by atoms with E-state index in [4.69, 9.17) is 0 Å². The van der Waals surface area contributed by atoms with E-state index in [0.717, 1.165) is 16.5 Å². The number of hydrogen-bond donors (Lipinski definition) is 2. The van der Waals surface area contributed by atoms with Gasteiger partial charge in [-0.25, -0.2) is 0 Å². The minimum absolute atomic E-state index is 0.0938. The van der Waals surface area contributed by atoms with Crippen molar-refractivity contribution in [3.05, 3.63) is 69.3 Å². The summed E-state index contributed by atoms with van der Waals surface area (Å²) in [5.74, 6) is -0.854. The highest BCUT2D eigenvalue weighted by molar-refractivity contribution is 8.00. The molecular weight excluding hydrogens is 342 g/mol. The van der Waals surface area contributed by atoms with Crippen molar-refractivity contribution in [1.82, 2.24) is 10.9 Å². The topological polar surface area (TPSA) is 101 Å². The van der Waals surface area contributed by atoms with Gasteiger partial charge in [-0.1, -0.05) is 12.1 Å². The fourth-order valence-corrected chi connectivity index (χ4v) is 2.74. The van der Waals surface area contributed by atoms with Gasteiger partial charge in [0.25, 0.3) is 11.6 Å². The number of hydrogen-bond acceptors (Lipinski definition) is 5. The standard InChI is InChI=1S/C17H17N3O4S/c1-11-6-7-15(8-12(11)2)25-10-16(21)18-19-17(22)13-4-3-5-14(9-13)20(23)24/h3-9H,10H2,1-2H3,(H,18,21)(H,19,22). The van der Waals surface area contributed by atoms with E-state index >= 15 is 0 Å². The quantitative estimate of drug-likeness (QED) is 0.486.